The summed E-state index contributed by atoms with van der Waals surface area (Å²) >= 11 is 0. The van der Waals surface area contributed by atoms with Gasteiger partial charge in [0.2, 0.25) is 20.0 Å². The number of aliphatic hydroxyl groups excluding tert-OH is 2. The lowest BCUT2D eigenvalue weighted by Crippen LogP contribution is -2.32. The van der Waals surface area contributed by atoms with E-state index >= 15 is 0 Å². The molecule has 0 amide bonds. The molecule has 1 aromatic carbocycles. The van der Waals surface area contributed by atoms with Crippen LogP contribution in [0.15, 0.2) is 41.1 Å². The summed E-state index contributed by atoms with van der Waals surface area (Å²) in [6.07, 6.45) is 0.564. The van der Waals surface area contributed by atoms with Crippen LogP contribution in [-0.2, 0) is 20.0 Å². The Bertz CT molecular complexity index is 817. The standard InChI is InChI=1S/C16H24N2O6S2/c1-2-25(21,22)17-9-13-7-8-18(10-13)26(23,24)16-5-3-14(4-6-16)15(11-19)12-20/h2-6,13,15,17,19-20H,1,7-12H2/t13-/m1/s1. The Morgan fingerprint density at radius 3 is 2.35 bits per heavy atom. The van der Waals surface area contributed by atoms with Gasteiger partial charge in [-0.1, -0.05) is 18.7 Å². The molecule has 1 aromatic rings. The third-order valence-electron chi connectivity index (χ3n) is 4.47. The first-order valence-corrected chi connectivity index (χ1v) is 11.2. The summed E-state index contributed by atoms with van der Waals surface area (Å²) in [5.74, 6) is -0.548. The van der Waals surface area contributed by atoms with Gasteiger partial charge in [-0.05, 0) is 30.0 Å². The van der Waals surface area contributed by atoms with Crippen molar-refractivity contribution in [3.63, 3.8) is 0 Å². The van der Waals surface area contributed by atoms with E-state index in [9.17, 15) is 27.0 Å². The topological polar surface area (TPSA) is 124 Å². The van der Waals surface area contributed by atoms with E-state index < -0.39 is 26.0 Å². The molecule has 1 aliphatic heterocycles. The SMILES string of the molecule is C=CS(=O)(=O)NC[C@H]1CCN(S(=O)(=O)c2ccc(C(CO)CO)cc2)C1. The first kappa shape index (κ1) is 21.0. The van der Waals surface area contributed by atoms with Gasteiger partial charge < -0.3 is 10.2 Å². The van der Waals surface area contributed by atoms with Crippen molar-refractivity contribution in [2.24, 2.45) is 5.92 Å². The van der Waals surface area contributed by atoms with E-state index in [4.69, 9.17) is 0 Å². The number of hydrogen-bond acceptors (Lipinski definition) is 6. The van der Waals surface area contributed by atoms with Gasteiger partial charge >= 0.3 is 0 Å². The molecule has 1 aliphatic rings. The van der Waals surface area contributed by atoms with Gasteiger partial charge in [-0.3, -0.25) is 0 Å². The van der Waals surface area contributed by atoms with Crippen LogP contribution < -0.4 is 4.72 Å². The lowest BCUT2D eigenvalue weighted by molar-refractivity contribution is 0.192. The summed E-state index contributed by atoms with van der Waals surface area (Å²) in [4.78, 5) is 0.128. The van der Waals surface area contributed by atoms with Crippen LogP contribution in [0.1, 0.15) is 17.9 Å². The van der Waals surface area contributed by atoms with Crippen molar-refractivity contribution in [1.82, 2.24) is 9.03 Å². The van der Waals surface area contributed by atoms with Crippen LogP contribution in [0.25, 0.3) is 0 Å². The third-order valence-corrected chi connectivity index (χ3v) is 7.36. The summed E-state index contributed by atoms with van der Waals surface area (Å²) in [5.41, 5.74) is 0.659. The molecule has 0 bridgehead atoms. The van der Waals surface area contributed by atoms with Crippen molar-refractivity contribution in [3.05, 3.63) is 41.8 Å². The van der Waals surface area contributed by atoms with Crippen molar-refractivity contribution < 1.29 is 27.0 Å². The van der Waals surface area contributed by atoms with Crippen molar-refractivity contribution in [2.75, 3.05) is 32.8 Å². The van der Waals surface area contributed by atoms with Gasteiger partial charge in [0.25, 0.3) is 0 Å². The predicted molar refractivity (Wildman–Crippen MR) is 97.3 cm³/mol. The van der Waals surface area contributed by atoms with E-state index in [0.717, 1.165) is 5.41 Å². The molecule has 146 valence electrons. The van der Waals surface area contributed by atoms with Gasteiger partial charge in [0, 0.05) is 31.0 Å². The van der Waals surface area contributed by atoms with Gasteiger partial charge in [0.15, 0.2) is 0 Å². The number of aliphatic hydroxyl groups is 2. The number of rotatable bonds is 9. The maximum Gasteiger partial charge on any atom is 0.243 e. The number of benzene rings is 1. The molecule has 26 heavy (non-hydrogen) atoms. The van der Waals surface area contributed by atoms with E-state index in [0.29, 0.717) is 18.5 Å². The smallest absolute Gasteiger partial charge is 0.243 e. The van der Waals surface area contributed by atoms with Crippen molar-refractivity contribution in [2.45, 2.75) is 17.2 Å². The maximum atomic E-state index is 12.7. The molecule has 0 saturated carbocycles. The van der Waals surface area contributed by atoms with Crippen LogP contribution in [0.4, 0.5) is 0 Å². The Morgan fingerprint density at radius 2 is 1.81 bits per heavy atom. The molecule has 10 heteroatoms. The summed E-state index contributed by atoms with van der Waals surface area (Å²) < 4.78 is 52.0. The number of nitrogens with one attached hydrogen (secondary N) is 1. The molecule has 1 fully saturated rings. The predicted octanol–water partition coefficient (Wildman–Crippen LogP) is -0.172. The summed E-state index contributed by atoms with van der Waals surface area (Å²) in [7, 11) is -7.20. The van der Waals surface area contributed by atoms with E-state index in [-0.39, 0.29) is 37.1 Å². The minimum Gasteiger partial charge on any atom is -0.396 e. The van der Waals surface area contributed by atoms with Crippen LogP contribution in [0.3, 0.4) is 0 Å². The van der Waals surface area contributed by atoms with Crippen LogP contribution in [0.2, 0.25) is 0 Å². The monoisotopic (exact) mass is 404 g/mol. The second-order valence-corrected chi connectivity index (χ2v) is 9.86. The van der Waals surface area contributed by atoms with E-state index in [2.05, 4.69) is 11.3 Å². The Kier molecular flexibility index (Phi) is 6.94. The van der Waals surface area contributed by atoms with Crippen LogP contribution in [-0.4, -0.2) is 64.2 Å². The molecule has 0 aromatic heterocycles. The van der Waals surface area contributed by atoms with Gasteiger partial charge in [-0.15, -0.1) is 0 Å². The molecule has 3 N–H and O–H groups in total. The average molecular weight is 405 g/mol. The Hall–Kier alpha value is -1.30. The van der Waals surface area contributed by atoms with Crippen LogP contribution in [0, 0.1) is 5.92 Å². The summed E-state index contributed by atoms with van der Waals surface area (Å²) in [6.45, 7) is 3.48. The first-order chi connectivity index (χ1) is 12.2. The lowest BCUT2D eigenvalue weighted by atomic mass is 10.0. The normalized spacial score (nSPS) is 19.1. The van der Waals surface area contributed by atoms with Crippen molar-refractivity contribution >= 4 is 20.0 Å². The fraction of sp³-hybridized carbons (Fsp3) is 0.500. The molecule has 0 unspecified atom stereocenters. The minimum atomic E-state index is -3.68. The van der Waals surface area contributed by atoms with E-state index in [1.165, 1.54) is 16.4 Å². The summed E-state index contributed by atoms with van der Waals surface area (Å²) in [6, 6.07) is 6.07. The molecule has 0 spiro atoms. The molecule has 1 heterocycles. The number of hydrogen-bond donors (Lipinski definition) is 3. The van der Waals surface area contributed by atoms with Crippen LogP contribution in [0.5, 0.6) is 0 Å². The van der Waals surface area contributed by atoms with Gasteiger partial charge in [-0.25, -0.2) is 21.6 Å². The second-order valence-electron chi connectivity index (χ2n) is 6.21. The largest absolute Gasteiger partial charge is 0.396 e. The molecular weight excluding hydrogens is 380 g/mol. The zero-order chi connectivity index (χ0) is 19.4. The van der Waals surface area contributed by atoms with Crippen LogP contribution >= 0.6 is 0 Å². The molecule has 0 aliphatic carbocycles. The molecular formula is C16H24N2O6S2. The quantitative estimate of drug-likeness (QED) is 0.525. The molecule has 0 radical (unpaired) electrons. The Labute approximate surface area is 154 Å². The highest BCUT2D eigenvalue weighted by Gasteiger charge is 2.32. The summed E-state index contributed by atoms with van der Waals surface area (Å²) in [5, 5.41) is 19.2. The molecule has 8 nitrogen and oxygen atoms in total. The van der Waals surface area contributed by atoms with E-state index in [1.807, 2.05) is 0 Å². The first-order valence-electron chi connectivity index (χ1n) is 8.17. The Balaban J connectivity index is 2.05. The van der Waals surface area contributed by atoms with E-state index in [1.54, 1.807) is 12.1 Å². The highest BCUT2D eigenvalue weighted by Crippen LogP contribution is 2.25. The molecule has 2 rings (SSSR count). The zero-order valence-corrected chi connectivity index (χ0v) is 15.9. The minimum absolute atomic E-state index is 0.105. The third kappa shape index (κ3) is 4.90. The fourth-order valence-corrected chi connectivity index (χ4v) is 4.92. The van der Waals surface area contributed by atoms with Gasteiger partial charge in [0.1, 0.15) is 0 Å². The second kappa shape index (κ2) is 8.59. The van der Waals surface area contributed by atoms with Gasteiger partial charge in [0.05, 0.1) is 18.1 Å². The zero-order valence-electron chi connectivity index (χ0n) is 14.3. The van der Waals surface area contributed by atoms with Crippen molar-refractivity contribution in [3.8, 4) is 0 Å². The highest BCUT2D eigenvalue weighted by atomic mass is 32.2. The maximum absolute atomic E-state index is 12.7. The van der Waals surface area contributed by atoms with Gasteiger partial charge in [-0.2, -0.15) is 4.31 Å². The number of nitrogens with zero attached hydrogens (tertiary/aromatic N) is 1. The Morgan fingerprint density at radius 1 is 1.19 bits per heavy atom. The average Bonchev–Trinajstić information content (AvgIpc) is 3.12. The molecule has 1 atom stereocenters. The van der Waals surface area contributed by atoms with Crippen molar-refractivity contribution in [1.29, 1.82) is 0 Å². The fourth-order valence-electron chi connectivity index (χ4n) is 2.80. The number of sulfonamides is 2. The highest BCUT2D eigenvalue weighted by molar-refractivity contribution is 7.92. The molecule has 1 saturated heterocycles. The lowest BCUT2D eigenvalue weighted by Gasteiger charge is -2.18.